The molecule has 1 saturated heterocycles. The lowest BCUT2D eigenvalue weighted by molar-refractivity contribution is -0.134. The fourth-order valence-electron chi connectivity index (χ4n) is 3.42. The maximum Gasteiger partial charge on any atom is 0.394 e. The van der Waals surface area contributed by atoms with Crippen molar-refractivity contribution in [1.29, 1.82) is 0 Å². The van der Waals surface area contributed by atoms with E-state index in [1.807, 2.05) is 0 Å². The van der Waals surface area contributed by atoms with Crippen LogP contribution >= 0.6 is 0 Å². The molecule has 1 atom stereocenters. The molecular weight excluding hydrogens is 446 g/mol. The quantitative estimate of drug-likeness (QED) is 0.119. The number of morpholine rings is 1. The molecule has 0 aromatic rings. The zero-order valence-corrected chi connectivity index (χ0v) is 21.7. The Morgan fingerprint density at radius 2 is 1.33 bits per heavy atom. The van der Waals surface area contributed by atoms with Gasteiger partial charge in [0.2, 0.25) is 0 Å². The van der Waals surface area contributed by atoms with Crippen LogP contribution in [-0.4, -0.2) is 54.4 Å². The lowest BCUT2D eigenvalue weighted by atomic mass is 10.1. The molecule has 1 aliphatic heterocycles. The first-order valence-corrected chi connectivity index (χ1v) is 13.9. The lowest BCUT2D eigenvalue weighted by Gasteiger charge is -2.23. The van der Waals surface area contributed by atoms with Crippen LogP contribution in [0.3, 0.4) is 0 Å². The van der Waals surface area contributed by atoms with Crippen molar-refractivity contribution in [3.8, 4) is 0 Å². The maximum atomic E-state index is 9.00. The molecule has 1 fully saturated rings. The summed E-state index contributed by atoms with van der Waals surface area (Å²) in [6.45, 7) is 6.36. The third-order valence-corrected chi connectivity index (χ3v) is 5.04. The molecule has 1 unspecified atom stereocenters. The summed E-state index contributed by atoms with van der Waals surface area (Å²) in [4.78, 5) is 9.00. The zero-order valence-electron chi connectivity index (χ0n) is 20.8. The van der Waals surface area contributed by atoms with E-state index in [0.29, 0.717) is 6.10 Å². The zero-order chi connectivity index (χ0) is 25.2. The van der Waals surface area contributed by atoms with Gasteiger partial charge in [0.1, 0.15) is 0 Å². The smallest absolute Gasteiger partial charge is 0.394 e. The monoisotopic (exact) mass is 495 g/mol. The summed E-state index contributed by atoms with van der Waals surface area (Å²) in [7, 11) is -4.67. The Morgan fingerprint density at radius 1 is 0.909 bits per heavy atom. The van der Waals surface area contributed by atoms with Gasteiger partial charge in [0.05, 0.1) is 12.7 Å². The van der Waals surface area contributed by atoms with Crippen molar-refractivity contribution in [2.75, 3.05) is 19.7 Å². The standard InChI is InChI=1S/C22H43NO.C2H4O2.H2O4S/c1-2-3-4-5-6-7-8-9-10-11-12-13-14-15-16-17-18-22-21-23-19-20-24-22;1-2(3)4;1-5(2,3)4/h9-10,22-23H,2-8,11-21H2,1H3;1H3,(H,3,4);(H2,1,2,3,4)/b10-9-;;. The second-order valence-electron chi connectivity index (χ2n) is 8.39. The first kappa shape index (κ1) is 34.2. The number of aliphatic carboxylic acids is 1. The summed E-state index contributed by atoms with van der Waals surface area (Å²) in [5, 5.41) is 10.8. The number of carbonyl (C=O) groups is 1. The molecule has 1 aliphatic rings. The Morgan fingerprint density at radius 3 is 1.76 bits per heavy atom. The van der Waals surface area contributed by atoms with Crippen LogP contribution in [0.1, 0.15) is 110 Å². The Balaban J connectivity index is 0. The topological polar surface area (TPSA) is 133 Å². The van der Waals surface area contributed by atoms with Gasteiger partial charge in [-0.1, -0.05) is 83.3 Å². The van der Waals surface area contributed by atoms with E-state index in [9.17, 15) is 0 Å². The molecule has 8 nitrogen and oxygen atoms in total. The van der Waals surface area contributed by atoms with E-state index in [1.54, 1.807) is 0 Å². The van der Waals surface area contributed by atoms with Crippen LogP contribution < -0.4 is 5.32 Å². The molecule has 0 aromatic carbocycles. The molecule has 0 radical (unpaired) electrons. The largest absolute Gasteiger partial charge is 0.481 e. The first-order valence-electron chi connectivity index (χ1n) is 12.5. The van der Waals surface area contributed by atoms with Crippen LogP contribution in [0.25, 0.3) is 0 Å². The van der Waals surface area contributed by atoms with Gasteiger partial charge in [0, 0.05) is 20.0 Å². The highest BCUT2D eigenvalue weighted by Crippen LogP contribution is 2.12. The molecule has 4 N–H and O–H groups in total. The van der Waals surface area contributed by atoms with Crippen molar-refractivity contribution >= 4 is 16.4 Å². The van der Waals surface area contributed by atoms with Crippen LogP contribution in [0.2, 0.25) is 0 Å². The predicted molar refractivity (Wildman–Crippen MR) is 134 cm³/mol. The number of rotatable bonds is 16. The number of unbranched alkanes of at least 4 members (excludes halogenated alkanes) is 12. The van der Waals surface area contributed by atoms with E-state index in [0.717, 1.165) is 26.6 Å². The van der Waals surface area contributed by atoms with Crippen molar-refractivity contribution < 1.29 is 32.2 Å². The number of nitrogens with one attached hydrogen (secondary N) is 1. The van der Waals surface area contributed by atoms with E-state index >= 15 is 0 Å². The highest BCUT2D eigenvalue weighted by atomic mass is 32.3. The van der Waals surface area contributed by atoms with Crippen molar-refractivity contribution in [2.45, 2.75) is 116 Å². The lowest BCUT2D eigenvalue weighted by Crippen LogP contribution is -2.38. The van der Waals surface area contributed by atoms with Gasteiger partial charge in [-0.2, -0.15) is 8.42 Å². The van der Waals surface area contributed by atoms with Crippen molar-refractivity contribution in [3.05, 3.63) is 12.2 Å². The van der Waals surface area contributed by atoms with E-state index in [-0.39, 0.29) is 0 Å². The number of carboxylic acids is 1. The van der Waals surface area contributed by atoms with Gasteiger partial charge < -0.3 is 15.2 Å². The number of carboxylic acid groups (broad SMARTS) is 1. The SMILES string of the molecule is CC(=O)O.CCCCCCCC/C=C\CCCCCCCCC1CNCCO1.O=S(=O)(O)O. The second kappa shape index (κ2) is 25.6. The van der Waals surface area contributed by atoms with Crippen LogP contribution in [-0.2, 0) is 19.9 Å². The summed E-state index contributed by atoms with van der Waals surface area (Å²) in [5.41, 5.74) is 0. The van der Waals surface area contributed by atoms with E-state index in [1.165, 1.54) is 96.3 Å². The Bertz CT molecular complexity index is 535. The Hall–Kier alpha value is -1.00. The van der Waals surface area contributed by atoms with E-state index in [4.69, 9.17) is 32.2 Å². The summed E-state index contributed by atoms with van der Waals surface area (Å²) in [6, 6.07) is 0. The van der Waals surface area contributed by atoms with Crippen molar-refractivity contribution in [3.63, 3.8) is 0 Å². The molecular formula is C24H49NO7S. The van der Waals surface area contributed by atoms with Gasteiger partial charge in [-0.3, -0.25) is 13.9 Å². The number of hydrogen-bond donors (Lipinski definition) is 4. The van der Waals surface area contributed by atoms with Crippen LogP contribution in [0.5, 0.6) is 0 Å². The van der Waals surface area contributed by atoms with Crippen LogP contribution in [0.15, 0.2) is 12.2 Å². The molecule has 0 aliphatic carbocycles. The first-order chi connectivity index (χ1) is 15.7. The van der Waals surface area contributed by atoms with Gasteiger partial charge in [-0.15, -0.1) is 0 Å². The van der Waals surface area contributed by atoms with Crippen molar-refractivity contribution in [1.82, 2.24) is 5.32 Å². The van der Waals surface area contributed by atoms with Gasteiger partial charge in [-0.05, 0) is 32.1 Å². The average molecular weight is 496 g/mol. The Labute approximate surface area is 202 Å². The molecule has 0 amide bonds. The fourth-order valence-corrected chi connectivity index (χ4v) is 3.42. The van der Waals surface area contributed by atoms with Crippen LogP contribution in [0.4, 0.5) is 0 Å². The van der Waals surface area contributed by atoms with Gasteiger partial charge in [0.15, 0.2) is 0 Å². The predicted octanol–water partition coefficient (Wildman–Crippen LogP) is 5.84. The molecule has 0 aromatic heterocycles. The van der Waals surface area contributed by atoms with E-state index < -0.39 is 16.4 Å². The maximum absolute atomic E-state index is 9.00. The third kappa shape index (κ3) is 41.7. The molecule has 33 heavy (non-hydrogen) atoms. The molecule has 0 saturated carbocycles. The minimum atomic E-state index is -4.67. The Kier molecular flexibility index (Phi) is 26.5. The average Bonchev–Trinajstić information content (AvgIpc) is 2.72. The minimum absolute atomic E-state index is 0.482. The van der Waals surface area contributed by atoms with Gasteiger partial charge in [0.25, 0.3) is 5.97 Å². The van der Waals surface area contributed by atoms with Gasteiger partial charge >= 0.3 is 10.4 Å². The summed E-state index contributed by atoms with van der Waals surface area (Å²) in [6.07, 6.45) is 25.9. The molecule has 1 rings (SSSR count). The summed E-state index contributed by atoms with van der Waals surface area (Å²) in [5.74, 6) is -0.833. The molecule has 9 heteroatoms. The number of hydrogen-bond acceptors (Lipinski definition) is 5. The minimum Gasteiger partial charge on any atom is -0.481 e. The highest BCUT2D eigenvalue weighted by Gasteiger charge is 2.11. The molecule has 198 valence electrons. The normalized spacial score (nSPS) is 15.9. The van der Waals surface area contributed by atoms with Crippen LogP contribution in [0, 0.1) is 0 Å². The van der Waals surface area contributed by atoms with E-state index in [2.05, 4.69) is 24.4 Å². The number of allylic oxidation sites excluding steroid dienone is 2. The third-order valence-electron chi connectivity index (χ3n) is 5.04. The highest BCUT2D eigenvalue weighted by molar-refractivity contribution is 7.79. The summed E-state index contributed by atoms with van der Waals surface area (Å²) >= 11 is 0. The van der Waals surface area contributed by atoms with Crippen molar-refractivity contribution in [2.24, 2.45) is 0 Å². The summed E-state index contributed by atoms with van der Waals surface area (Å²) < 4.78 is 37.3. The second-order valence-corrected chi connectivity index (χ2v) is 9.29. The molecule has 1 heterocycles. The fraction of sp³-hybridized carbons (Fsp3) is 0.875. The molecule has 0 bridgehead atoms. The van der Waals surface area contributed by atoms with Gasteiger partial charge in [-0.25, -0.2) is 0 Å². The molecule has 0 spiro atoms. The number of ether oxygens (including phenoxy) is 1.